The zero-order chi connectivity index (χ0) is 13.8. The summed E-state index contributed by atoms with van der Waals surface area (Å²) >= 11 is 2.94. The summed E-state index contributed by atoms with van der Waals surface area (Å²) in [5, 5.41) is 12.7. The van der Waals surface area contributed by atoms with Crippen LogP contribution in [0, 0.1) is 0 Å². The van der Waals surface area contributed by atoms with E-state index in [2.05, 4.69) is 6.58 Å². The quantitative estimate of drug-likeness (QED) is 0.866. The molecule has 2 unspecified atom stereocenters. The second-order valence-electron chi connectivity index (χ2n) is 3.87. The molecule has 5 nitrogen and oxygen atoms in total. The zero-order valence-electron chi connectivity index (χ0n) is 10.0. The molecule has 1 fully saturated rings. The Kier molecular flexibility index (Phi) is 4.49. The van der Waals surface area contributed by atoms with Gasteiger partial charge in [-0.15, -0.1) is 11.8 Å². The molecule has 1 N–H and O–H groups in total. The number of aliphatic carboxylic acids is 1. The second kappa shape index (κ2) is 6.12. The third-order valence-corrected chi connectivity index (χ3v) is 4.67. The highest BCUT2D eigenvalue weighted by atomic mass is 32.2. The summed E-state index contributed by atoms with van der Waals surface area (Å²) in [7, 11) is 0. The molecule has 0 aromatic carbocycles. The summed E-state index contributed by atoms with van der Waals surface area (Å²) in [4.78, 5) is 24.5. The smallest absolute Gasteiger partial charge is 0.412 e. The number of nitrogens with zero attached hydrogens (tertiary/aromatic N) is 1. The number of thiophene rings is 1. The predicted molar refractivity (Wildman–Crippen MR) is 74.3 cm³/mol. The van der Waals surface area contributed by atoms with Gasteiger partial charge in [0.1, 0.15) is 18.0 Å². The molecule has 1 aromatic heterocycles. The lowest BCUT2D eigenvalue weighted by Crippen LogP contribution is -2.43. The van der Waals surface area contributed by atoms with Crippen LogP contribution in [0.4, 0.5) is 4.79 Å². The maximum Gasteiger partial charge on any atom is 0.412 e. The second-order valence-corrected chi connectivity index (χ2v) is 5.76. The highest BCUT2D eigenvalue weighted by molar-refractivity contribution is 7.99. The molecule has 19 heavy (non-hydrogen) atoms. The van der Waals surface area contributed by atoms with Gasteiger partial charge in [-0.1, -0.05) is 12.7 Å². The minimum atomic E-state index is -1.01. The molecule has 1 saturated heterocycles. The topological polar surface area (TPSA) is 66.8 Å². The Bertz CT molecular complexity index is 474. The fourth-order valence-corrected chi connectivity index (χ4v) is 3.96. The normalized spacial score (nSPS) is 22.2. The number of carboxylic acids is 1. The van der Waals surface area contributed by atoms with E-state index in [4.69, 9.17) is 4.74 Å². The van der Waals surface area contributed by atoms with Gasteiger partial charge in [-0.2, -0.15) is 11.3 Å². The van der Waals surface area contributed by atoms with Gasteiger partial charge >= 0.3 is 12.1 Å². The molecule has 1 aliphatic rings. The molecule has 0 aliphatic carbocycles. The van der Waals surface area contributed by atoms with Crippen molar-refractivity contribution < 1.29 is 19.4 Å². The van der Waals surface area contributed by atoms with Crippen molar-refractivity contribution in [2.75, 3.05) is 12.4 Å². The van der Waals surface area contributed by atoms with Crippen LogP contribution in [0.2, 0.25) is 0 Å². The summed E-state index contributed by atoms with van der Waals surface area (Å²) in [5.41, 5.74) is 0.925. The van der Waals surface area contributed by atoms with Crippen LogP contribution < -0.4 is 0 Å². The summed E-state index contributed by atoms with van der Waals surface area (Å²) in [5.74, 6) is -0.653. The number of carbonyl (C=O) groups is 2. The first-order valence-corrected chi connectivity index (χ1v) is 7.56. The van der Waals surface area contributed by atoms with Gasteiger partial charge in [-0.05, 0) is 22.4 Å². The highest BCUT2D eigenvalue weighted by Crippen LogP contribution is 2.42. The minimum Gasteiger partial charge on any atom is -0.480 e. The highest BCUT2D eigenvalue weighted by Gasteiger charge is 2.43. The van der Waals surface area contributed by atoms with Crippen molar-refractivity contribution in [2.45, 2.75) is 11.4 Å². The lowest BCUT2D eigenvalue weighted by molar-refractivity contribution is -0.141. The van der Waals surface area contributed by atoms with E-state index in [0.29, 0.717) is 5.75 Å². The van der Waals surface area contributed by atoms with Crippen LogP contribution in [0.15, 0.2) is 29.5 Å². The largest absolute Gasteiger partial charge is 0.480 e. The van der Waals surface area contributed by atoms with Gasteiger partial charge in [0.05, 0.1) is 0 Å². The Morgan fingerprint density at radius 2 is 2.42 bits per heavy atom. The summed E-state index contributed by atoms with van der Waals surface area (Å²) in [6, 6.07) is 1.03. The molecule has 0 spiro atoms. The molecule has 2 heterocycles. The number of amides is 1. The molecule has 102 valence electrons. The first-order valence-electron chi connectivity index (χ1n) is 5.57. The third kappa shape index (κ3) is 2.93. The van der Waals surface area contributed by atoms with Crippen LogP contribution in [0.5, 0.6) is 0 Å². The number of carbonyl (C=O) groups excluding carboxylic acids is 1. The Morgan fingerprint density at radius 3 is 3.00 bits per heavy atom. The van der Waals surface area contributed by atoms with Crippen molar-refractivity contribution in [1.29, 1.82) is 0 Å². The van der Waals surface area contributed by atoms with E-state index in [1.807, 2.05) is 16.8 Å². The van der Waals surface area contributed by atoms with Crippen molar-refractivity contribution in [3.8, 4) is 0 Å². The van der Waals surface area contributed by atoms with Gasteiger partial charge in [0.15, 0.2) is 0 Å². The van der Waals surface area contributed by atoms with Gasteiger partial charge in [0.25, 0.3) is 0 Å². The van der Waals surface area contributed by atoms with Gasteiger partial charge in [0, 0.05) is 5.75 Å². The molecule has 1 aliphatic heterocycles. The number of hydrogen-bond donors (Lipinski definition) is 1. The van der Waals surface area contributed by atoms with Crippen LogP contribution in [0.1, 0.15) is 10.9 Å². The standard InChI is InChI=1S/C12H13NO4S2/c1-2-4-17-12(16)13-9(11(14)15)7-19-10(13)8-3-5-18-6-8/h2-3,5-6,9-10H,1,4,7H2,(H,14,15). The fourth-order valence-electron chi connectivity index (χ4n) is 1.80. The van der Waals surface area contributed by atoms with Gasteiger partial charge in [0.2, 0.25) is 0 Å². The van der Waals surface area contributed by atoms with Crippen molar-refractivity contribution in [3.05, 3.63) is 35.0 Å². The van der Waals surface area contributed by atoms with E-state index >= 15 is 0 Å². The first kappa shape index (κ1) is 14.0. The summed E-state index contributed by atoms with van der Waals surface area (Å²) in [6.07, 6.45) is 0.838. The molecule has 7 heteroatoms. The molecule has 0 radical (unpaired) electrons. The first-order chi connectivity index (χ1) is 9.15. The molecular formula is C12H13NO4S2. The van der Waals surface area contributed by atoms with Crippen LogP contribution in [-0.4, -0.2) is 40.5 Å². The van der Waals surface area contributed by atoms with Gasteiger partial charge in [-0.25, -0.2) is 9.59 Å². The van der Waals surface area contributed by atoms with E-state index in [1.54, 1.807) is 0 Å². The number of ether oxygens (including phenoxy) is 1. The monoisotopic (exact) mass is 299 g/mol. The van der Waals surface area contributed by atoms with Crippen LogP contribution in [0.3, 0.4) is 0 Å². The Morgan fingerprint density at radius 1 is 1.63 bits per heavy atom. The third-order valence-electron chi connectivity index (χ3n) is 2.65. The Hall–Kier alpha value is -1.47. The molecule has 1 amide bonds. The van der Waals surface area contributed by atoms with Crippen LogP contribution in [-0.2, 0) is 9.53 Å². The average Bonchev–Trinajstić information content (AvgIpc) is 3.02. The molecule has 2 rings (SSSR count). The van der Waals surface area contributed by atoms with Crippen molar-refractivity contribution in [1.82, 2.24) is 4.90 Å². The van der Waals surface area contributed by atoms with E-state index in [9.17, 15) is 14.7 Å². The molecule has 1 aromatic rings. The molecule has 0 saturated carbocycles. The summed E-state index contributed by atoms with van der Waals surface area (Å²) in [6.45, 7) is 3.54. The number of carboxylic acid groups (broad SMARTS) is 1. The molecular weight excluding hydrogens is 286 g/mol. The Labute approximate surface area is 118 Å². The summed E-state index contributed by atoms with van der Waals surface area (Å²) < 4.78 is 4.98. The SMILES string of the molecule is C=CCOC(=O)N1C(C(=O)O)CSC1c1ccsc1. The van der Waals surface area contributed by atoms with E-state index < -0.39 is 18.1 Å². The number of rotatable bonds is 4. The average molecular weight is 299 g/mol. The van der Waals surface area contributed by atoms with Crippen LogP contribution >= 0.6 is 23.1 Å². The Balaban J connectivity index is 2.21. The molecule has 2 atom stereocenters. The van der Waals surface area contributed by atoms with Gasteiger partial charge < -0.3 is 9.84 Å². The van der Waals surface area contributed by atoms with Crippen molar-refractivity contribution >= 4 is 35.2 Å². The van der Waals surface area contributed by atoms with Gasteiger partial charge in [-0.3, -0.25) is 4.90 Å². The minimum absolute atomic E-state index is 0.0721. The zero-order valence-corrected chi connectivity index (χ0v) is 11.7. The number of thioether (sulfide) groups is 1. The maximum atomic E-state index is 12.0. The van der Waals surface area contributed by atoms with E-state index in [1.165, 1.54) is 34.1 Å². The maximum absolute atomic E-state index is 12.0. The fraction of sp³-hybridized carbons (Fsp3) is 0.333. The van der Waals surface area contributed by atoms with E-state index in [0.717, 1.165) is 5.56 Å². The predicted octanol–water partition coefficient (Wildman–Crippen LogP) is 2.57. The van der Waals surface area contributed by atoms with Crippen LogP contribution in [0.25, 0.3) is 0 Å². The van der Waals surface area contributed by atoms with Crippen molar-refractivity contribution in [3.63, 3.8) is 0 Å². The lowest BCUT2D eigenvalue weighted by atomic mass is 10.2. The van der Waals surface area contributed by atoms with Crippen molar-refractivity contribution in [2.24, 2.45) is 0 Å². The number of hydrogen-bond acceptors (Lipinski definition) is 5. The molecule has 0 bridgehead atoms. The lowest BCUT2D eigenvalue weighted by Gasteiger charge is -2.25. The van der Waals surface area contributed by atoms with E-state index in [-0.39, 0.29) is 12.0 Å².